The predicted molar refractivity (Wildman–Crippen MR) is 229 cm³/mol. The number of benzene rings is 2. The van der Waals surface area contributed by atoms with Crippen molar-refractivity contribution in [3.8, 4) is 11.5 Å². The molecule has 2 aliphatic carbocycles. The fraction of sp³-hybridized carbons (Fsp3) is 0.435. The molecule has 0 saturated carbocycles. The first-order valence-electron chi connectivity index (χ1n) is 19.2. The van der Waals surface area contributed by atoms with E-state index in [1.54, 1.807) is 0 Å². The van der Waals surface area contributed by atoms with Crippen molar-refractivity contribution in [2.24, 2.45) is 11.8 Å². The zero-order chi connectivity index (χ0) is 40.7. The van der Waals surface area contributed by atoms with E-state index in [-0.39, 0.29) is 11.8 Å². The van der Waals surface area contributed by atoms with Gasteiger partial charge in [-0.2, -0.15) is 0 Å². The lowest BCUT2D eigenvalue weighted by atomic mass is 9.75. The highest BCUT2D eigenvalue weighted by atomic mass is 28.3. The van der Waals surface area contributed by atoms with Crippen LogP contribution in [-0.4, -0.2) is 52.9 Å². The smallest absolute Gasteiger partial charge is 0.428 e. The van der Waals surface area contributed by atoms with Crippen molar-refractivity contribution >= 4 is 28.5 Å². The van der Waals surface area contributed by atoms with Crippen LogP contribution in [0.25, 0.3) is 0 Å². The molecule has 4 rings (SSSR count). The number of hydrogen-bond donors (Lipinski definition) is 0. The molecule has 0 spiro atoms. The average molecular weight is 783 g/mol. The minimum Gasteiger partial charge on any atom is -0.428 e. The Hall–Kier alpha value is -4.19. The molecule has 0 amide bonds. The summed E-state index contributed by atoms with van der Waals surface area (Å²) in [6.45, 7) is 25.7. The highest BCUT2D eigenvalue weighted by Crippen LogP contribution is 2.41. The molecule has 2 aromatic carbocycles. The Morgan fingerprint density at radius 1 is 0.582 bits per heavy atom. The summed E-state index contributed by atoms with van der Waals surface area (Å²) in [5.74, 6) is 1.07. The van der Waals surface area contributed by atoms with Gasteiger partial charge in [-0.3, -0.25) is 0 Å². The monoisotopic (exact) mass is 782 g/mol. The van der Waals surface area contributed by atoms with Crippen molar-refractivity contribution in [1.82, 2.24) is 0 Å². The van der Waals surface area contributed by atoms with Crippen LogP contribution >= 0.6 is 0 Å². The van der Waals surface area contributed by atoms with E-state index < -0.39 is 50.5 Å². The summed E-state index contributed by atoms with van der Waals surface area (Å²) in [6, 6.07) is 15.3. The summed E-state index contributed by atoms with van der Waals surface area (Å²) in [6.07, 6.45) is 20.5. The Balaban J connectivity index is 1.50. The number of para-hydroxylation sites is 2. The first-order chi connectivity index (χ1) is 25.5. The third-order valence-electron chi connectivity index (χ3n) is 8.69. The Morgan fingerprint density at radius 3 is 1.22 bits per heavy atom. The minimum absolute atomic E-state index is 0.0690. The van der Waals surface area contributed by atoms with Crippen molar-refractivity contribution < 1.29 is 33.3 Å². The third kappa shape index (κ3) is 13.5. The first-order valence-corrected chi connectivity index (χ1v) is 26.4. The normalized spacial score (nSPS) is 23.0. The number of carbonyl (C=O) groups is 2. The van der Waals surface area contributed by atoms with Crippen LogP contribution in [0.2, 0.25) is 39.3 Å². The molecule has 0 aromatic heterocycles. The van der Waals surface area contributed by atoms with E-state index in [1.807, 2.05) is 90.1 Å². The van der Waals surface area contributed by atoms with Crippen molar-refractivity contribution in [3.05, 3.63) is 132 Å². The van der Waals surface area contributed by atoms with Crippen LogP contribution in [0.4, 0.5) is 9.59 Å². The van der Waals surface area contributed by atoms with E-state index in [1.165, 1.54) is 0 Å². The maximum Gasteiger partial charge on any atom is 0.514 e. The van der Waals surface area contributed by atoms with E-state index in [0.29, 0.717) is 24.7 Å². The van der Waals surface area contributed by atoms with Gasteiger partial charge in [-0.15, -0.1) is 0 Å². The lowest BCUT2D eigenvalue weighted by Gasteiger charge is -2.32. The second-order valence-electron chi connectivity index (χ2n) is 18.7. The van der Waals surface area contributed by atoms with E-state index in [4.69, 9.17) is 23.7 Å². The molecule has 0 N–H and O–H groups in total. The SMILES string of the molecule is CC(C)(C)OC(=O)Oc1ccccc1C1(/C=C/[Si](C)(C)C)C=CC(COCC2C=CC(/C=C/[Si](C)(C)C)(c3ccccc3OC(=O)OC(C)(C)C)C=C2)C=C1. The van der Waals surface area contributed by atoms with Crippen LogP contribution < -0.4 is 9.47 Å². The lowest BCUT2D eigenvalue weighted by Crippen LogP contribution is -2.29. The van der Waals surface area contributed by atoms with Gasteiger partial charge < -0.3 is 23.7 Å². The lowest BCUT2D eigenvalue weighted by molar-refractivity contribution is 0.0190. The predicted octanol–water partition coefficient (Wildman–Crippen LogP) is 11.9. The van der Waals surface area contributed by atoms with E-state index in [0.717, 1.165) is 11.1 Å². The van der Waals surface area contributed by atoms with Crippen LogP contribution in [-0.2, 0) is 25.0 Å². The zero-order valence-electron chi connectivity index (χ0n) is 35.0. The summed E-state index contributed by atoms with van der Waals surface area (Å²) < 4.78 is 28.9. The Kier molecular flexibility index (Phi) is 13.7. The standard InChI is InChI=1S/C46H62O7Si2/c1-43(2,3)52-41(47)50-39-19-15-13-17-37(39)45(29-31-54(7,8)9)25-21-35(22-26-45)33-49-34-36-23-27-46(28-24-36,30-32-55(10,11)12)38-18-14-16-20-40(38)51-42(48)53-44(4,5)6/h13-32,35-36H,33-34H2,1-12H3/b31-29+,32-30+. The largest absolute Gasteiger partial charge is 0.514 e. The molecule has 0 heterocycles. The quantitative estimate of drug-likeness (QED) is 0.0918. The van der Waals surface area contributed by atoms with Crippen LogP contribution in [0.3, 0.4) is 0 Å². The maximum atomic E-state index is 12.7. The molecule has 0 atom stereocenters. The van der Waals surface area contributed by atoms with Gasteiger partial charge in [0.2, 0.25) is 0 Å². The van der Waals surface area contributed by atoms with Gasteiger partial charge >= 0.3 is 12.3 Å². The molecular formula is C46H62O7Si2. The topological polar surface area (TPSA) is 80.3 Å². The highest BCUT2D eigenvalue weighted by Gasteiger charge is 2.34. The fourth-order valence-electron chi connectivity index (χ4n) is 6.02. The zero-order valence-corrected chi connectivity index (χ0v) is 37.0. The van der Waals surface area contributed by atoms with E-state index >= 15 is 0 Å². The third-order valence-corrected chi connectivity index (χ3v) is 11.0. The molecule has 0 saturated heterocycles. The molecule has 55 heavy (non-hydrogen) atoms. The summed E-state index contributed by atoms with van der Waals surface area (Å²) in [4.78, 5) is 25.4. The number of rotatable bonds is 12. The molecular weight excluding hydrogens is 721 g/mol. The summed E-state index contributed by atoms with van der Waals surface area (Å²) in [5.41, 5.74) is 3.85. The van der Waals surface area contributed by atoms with Gasteiger partial charge in [0.25, 0.3) is 0 Å². The Morgan fingerprint density at radius 2 is 0.909 bits per heavy atom. The summed E-state index contributed by atoms with van der Waals surface area (Å²) >= 11 is 0. The van der Waals surface area contributed by atoms with Crippen molar-refractivity contribution in [2.45, 2.75) is 103 Å². The van der Waals surface area contributed by atoms with Gasteiger partial charge in [0, 0.05) is 23.0 Å². The van der Waals surface area contributed by atoms with Gasteiger partial charge in [0.15, 0.2) is 0 Å². The number of hydrogen-bond acceptors (Lipinski definition) is 7. The maximum absolute atomic E-state index is 12.7. The molecule has 2 aromatic rings. The molecule has 0 aliphatic heterocycles. The highest BCUT2D eigenvalue weighted by molar-refractivity contribution is 6.81. The average Bonchev–Trinajstić information content (AvgIpc) is 3.06. The van der Waals surface area contributed by atoms with Gasteiger partial charge in [-0.1, -0.05) is 148 Å². The molecule has 296 valence electrons. The molecule has 0 bridgehead atoms. The van der Waals surface area contributed by atoms with Crippen LogP contribution in [0.5, 0.6) is 11.5 Å². The van der Waals surface area contributed by atoms with Gasteiger partial charge in [-0.05, 0) is 53.7 Å². The van der Waals surface area contributed by atoms with E-state index in [9.17, 15) is 9.59 Å². The van der Waals surface area contributed by atoms with Gasteiger partial charge in [-0.25, -0.2) is 9.59 Å². The van der Waals surface area contributed by atoms with E-state index in [2.05, 4.69) is 111 Å². The molecule has 0 unspecified atom stereocenters. The molecule has 0 radical (unpaired) electrons. The number of carbonyl (C=O) groups excluding carboxylic acids is 2. The number of allylic oxidation sites excluding steroid dienone is 6. The Labute approximate surface area is 331 Å². The second kappa shape index (κ2) is 17.3. The summed E-state index contributed by atoms with van der Waals surface area (Å²) in [5, 5.41) is 0. The molecule has 0 fully saturated rings. The first kappa shape index (κ1) is 43.5. The van der Waals surface area contributed by atoms with Crippen LogP contribution in [0.1, 0.15) is 52.7 Å². The molecule has 7 nitrogen and oxygen atoms in total. The van der Waals surface area contributed by atoms with Crippen molar-refractivity contribution in [3.63, 3.8) is 0 Å². The molecule has 2 aliphatic rings. The molecule has 9 heteroatoms. The van der Waals surface area contributed by atoms with Crippen molar-refractivity contribution in [1.29, 1.82) is 0 Å². The van der Waals surface area contributed by atoms with Gasteiger partial charge in [0.05, 0.1) is 40.2 Å². The summed E-state index contributed by atoms with van der Waals surface area (Å²) in [7, 11) is -3.15. The second-order valence-corrected chi connectivity index (χ2v) is 28.8. The number of ether oxygens (including phenoxy) is 5. The van der Waals surface area contributed by atoms with Gasteiger partial charge in [0.1, 0.15) is 22.7 Å². The minimum atomic E-state index is -1.57. The fourth-order valence-corrected chi connectivity index (χ4v) is 7.57. The van der Waals surface area contributed by atoms with Crippen molar-refractivity contribution in [2.75, 3.05) is 13.2 Å². The van der Waals surface area contributed by atoms with Crippen LogP contribution in [0, 0.1) is 11.8 Å². The Bertz CT molecular complexity index is 1680. The van der Waals surface area contributed by atoms with Crippen LogP contribution in [0.15, 0.2) is 121 Å².